The van der Waals surface area contributed by atoms with Crippen molar-refractivity contribution in [3.63, 3.8) is 0 Å². The van der Waals surface area contributed by atoms with Crippen LogP contribution in [0.15, 0.2) is 96.2 Å². The summed E-state index contributed by atoms with van der Waals surface area (Å²) in [6, 6.07) is 25.1. The molecule has 3 aromatic carbocycles. The number of allylic oxidation sites excluding steroid dienone is 1. The van der Waals surface area contributed by atoms with Crippen molar-refractivity contribution < 1.29 is 14.4 Å². The summed E-state index contributed by atoms with van der Waals surface area (Å²) in [6.07, 6.45) is 0. The SMILES string of the molecule is CC(=O)[C@@H]1C(=O)N(c2ccccc2)C(C)=C(C(=O)Nc2ccccc2)[C@H]1c1ccc(Cl)cc1. The molecule has 6 heteroatoms. The molecule has 0 radical (unpaired) electrons. The fourth-order valence-corrected chi connectivity index (χ4v) is 4.45. The van der Waals surface area contributed by atoms with Crippen LogP contribution >= 0.6 is 11.6 Å². The van der Waals surface area contributed by atoms with E-state index in [4.69, 9.17) is 11.6 Å². The lowest BCUT2D eigenvalue weighted by Crippen LogP contribution is -2.48. The number of ketones is 1. The number of nitrogens with one attached hydrogen (secondary N) is 1. The Hall–Kier alpha value is -3.70. The van der Waals surface area contributed by atoms with Gasteiger partial charge in [0.2, 0.25) is 5.91 Å². The van der Waals surface area contributed by atoms with Crippen LogP contribution in [0.1, 0.15) is 25.3 Å². The summed E-state index contributed by atoms with van der Waals surface area (Å²) in [6.45, 7) is 3.13. The van der Waals surface area contributed by atoms with Gasteiger partial charge in [-0.2, -0.15) is 0 Å². The van der Waals surface area contributed by atoms with Crippen LogP contribution < -0.4 is 10.2 Å². The van der Waals surface area contributed by atoms with Crippen molar-refractivity contribution in [2.45, 2.75) is 19.8 Å². The maximum atomic E-state index is 13.7. The summed E-state index contributed by atoms with van der Waals surface area (Å²) >= 11 is 6.08. The van der Waals surface area contributed by atoms with E-state index in [1.807, 2.05) is 36.4 Å². The Morgan fingerprint density at radius 2 is 1.45 bits per heavy atom. The van der Waals surface area contributed by atoms with Gasteiger partial charge in [-0.25, -0.2) is 0 Å². The van der Waals surface area contributed by atoms with Gasteiger partial charge in [0.15, 0.2) is 0 Å². The molecule has 2 atom stereocenters. The monoisotopic (exact) mass is 458 g/mol. The average molecular weight is 459 g/mol. The van der Waals surface area contributed by atoms with Crippen LogP contribution in [-0.4, -0.2) is 17.6 Å². The molecule has 0 fully saturated rings. The Bertz CT molecular complexity index is 1220. The molecule has 0 unspecified atom stereocenters. The molecular weight excluding hydrogens is 436 g/mol. The second-order valence-electron chi connectivity index (χ2n) is 7.95. The van der Waals surface area contributed by atoms with Crippen molar-refractivity contribution in [3.8, 4) is 0 Å². The number of para-hydroxylation sites is 2. The summed E-state index contributed by atoms with van der Waals surface area (Å²) in [5, 5.41) is 3.46. The molecule has 33 heavy (non-hydrogen) atoms. The van der Waals surface area contributed by atoms with Crippen molar-refractivity contribution in [3.05, 3.63) is 107 Å². The van der Waals surface area contributed by atoms with E-state index in [1.54, 1.807) is 55.5 Å². The van der Waals surface area contributed by atoms with Gasteiger partial charge in [0.25, 0.3) is 5.91 Å². The zero-order valence-corrected chi connectivity index (χ0v) is 19.0. The summed E-state index contributed by atoms with van der Waals surface area (Å²) in [5.74, 6) is -2.82. The highest BCUT2D eigenvalue weighted by molar-refractivity contribution is 6.30. The van der Waals surface area contributed by atoms with E-state index >= 15 is 0 Å². The number of Topliss-reactive ketones (excluding diaryl/α,β-unsaturated/α-hetero) is 1. The van der Waals surface area contributed by atoms with Gasteiger partial charge in [0.05, 0.1) is 0 Å². The third-order valence-corrected chi connectivity index (χ3v) is 6.07. The van der Waals surface area contributed by atoms with Crippen LogP contribution in [0.3, 0.4) is 0 Å². The van der Waals surface area contributed by atoms with Crippen LogP contribution in [0, 0.1) is 5.92 Å². The predicted molar refractivity (Wildman–Crippen MR) is 130 cm³/mol. The second kappa shape index (κ2) is 9.43. The highest BCUT2D eigenvalue weighted by atomic mass is 35.5. The number of hydrogen-bond acceptors (Lipinski definition) is 3. The van der Waals surface area contributed by atoms with Crippen molar-refractivity contribution in [1.29, 1.82) is 0 Å². The third kappa shape index (κ3) is 4.45. The molecule has 1 aliphatic rings. The standard InChI is InChI=1S/C27H23ClN2O3/c1-17-23(26(32)29-21-9-5-3-6-10-21)25(19-13-15-20(28)16-14-19)24(18(2)31)27(33)30(17)22-11-7-4-8-12-22/h3-16,24-25H,1-2H3,(H,29,32)/t24-,25+/m0/s1. The fourth-order valence-electron chi connectivity index (χ4n) is 4.32. The van der Waals surface area contributed by atoms with Crippen molar-refractivity contribution in [1.82, 2.24) is 0 Å². The first kappa shape index (κ1) is 22.5. The van der Waals surface area contributed by atoms with Gasteiger partial charge < -0.3 is 5.32 Å². The quantitative estimate of drug-likeness (QED) is 0.507. The summed E-state index contributed by atoms with van der Waals surface area (Å²) in [4.78, 5) is 41.6. The highest BCUT2D eigenvalue weighted by Gasteiger charge is 2.46. The van der Waals surface area contributed by atoms with Gasteiger partial charge in [-0.3, -0.25) is 19.3 Å². The molecule has 5 nitrogen and oxygen atoms in total. The Morgan fingerprint density at radius 3 is 2.03 bits per heavy atom. The topological polar surface area (TPSA) is 66.5 Å². The molecule has 0 aliphatic carbocycles. The first-order valence-corrected chi connectivity index (χ1v) is 11.0. The second-order valence-corrected chi connectivity index (χ2v) is 8.38. The minimum atomic E-state index is -1.05. The normalized spacial score (nSPS) is 18.3. The van der Waals surface area contributed by atoms with E-state index in [1.165, 1.54) is 11.8 Å². The Morgan fingerprint density at radius 1 is 0.879 bits per heavy atom. The molecule has 166 valence electrons. The minimum Gasteiger partial charge on any atom is -0.322 e. The van der Waals surface area contributed by atoms with E-state index < -0.39 is 11.8 Å². The number of amides is 2. The van der Waals surface area contributed by atoms with Gasteiger partial charge in [-0.05, 0) is 55.8 Å². The molecule has 0 spiro atoms. The largest absolute Gasteiger partial charge is 0.322 e. The first-order valence-electron chi connectivity index (χ1n) is 10.6. The zero-order chi connectivity index (χ0) is 23.5. The predicted octanol–water partition coefficient (Wildman–Crippen LogP) is 5.59. The minimum absolute atomic E-state index is 0.307. The van der Waals surface area contributed by atoms with E-state index in [0.29, 0.717) is 33.2 Å². The van der Waals surface area contributed by atoms with Gasteiger partial charge >= 0.3 is 0 Å². The maximum Gasteiger partial charge on any atom is 0.254 e. The van der Waals surface area contributed by atoms with E-state index in [0.717, 1.165) is 0 Å². The number of anilines is 2. The molecule has 0 bridgehead atoms. The number of carbonyl (C=O) groups excluding carboxylic acids is 3. The number of rotatable bonds is 5. The van der Waals surface area contributed by atoms with Gasteiger partial charge in [-0.1, -0.05) is 60.1 Å². The van der Waals surface area contributed by atoms with Crippen LogP contribution in [0.4, 0.5) is 11.4 Å². The summed E-state index contributed by atoms with van der Waals surface area (Å²) in [5.41, 5.74) is 2.76. The Kier molecular flexibility index (Phi) is 6.43. The van der Waals surface area contributed by atoms with E-state index in [2.05, 4.69) is 5.32 Å². The Balaban J connectivity index is 1.92. The van der Waals surface area contributed by atoms with Gasteiger partial charge in [0.1, 0.15) is 11.7 Å². The smallest absolute Gasteiger partial charge is 0.254 e. The average Bonchev–Trinajstić information content (AvgIpc) is 2.80. The van der Waals surface area contributed by atoms with Crippen molar-refractivity contribution >= 4 is 40.6 Å². The van der Waals surface area contributed by atoms with Crippen LogP contribution in [0.2, 0.25) is 5.02 Å². The Labute approximate surface area is 197 Å². The van der Waals surface area contributed by atoms with E-state index in [-0.39, 0.29) is 17.6 Å². The fraction of sp³-hybridized carbons (Fsp3) is 0.148. The lowest BCUT2D eigenvalue weighted by atomic mass is 9.74. The first-order chi connectivity index (χ1) is 15.9. The number of carbonyl (C=O) groups is 3. The third-order valence-electron chi connectivity index (χ3n) is 5.81. The molecular formula is C27H23ClN2O3. The number of nitrogens with zero attached hydrogens (tertiary/aromatic N) is 1. The molecule has 2 amide bonds. The van der Waals surface area contributed by atoms with Crippen LogP contribution in [-0.2, 0) is 14.4 Å². The summed E-state index contributed by atoms with van der Waals surface area (Å²) < 4.78 is 0. The highest BCUT2D eigenvalue weighted by Crippen LogP contribution is 2.43. The maximum absolute atomic E-state index is 13.7. The lowest BCUT2D eigenvalue weighted by Gasteiger charge is -2.39. The van der Waals surface area contributed by atoms with Crippen molar-refractivity contribution in [2.24, 2.45) is 5.92 Å². The number of benzene rings is 3. The molecule has 4 rings (SSSR count). The molecule has 1 N–H and O–H groups in total. The summed E-state index contributed by atoms with van der Waals surface area (Å²) in [7, 11) is 0. The number of hydrogen-bond donors (Lipinski definition) is 1. The van der Waals surface area contributed by atoms with Crippen molar-refractivity contribution in [2.75, 3.05) is 10.2 Å². The van der Waals surface area contributed by atoms with Gasteiger partial charge in [0, 0.05) is 33.6 Å². The van der Waals surface area contributed by atoms with Crippen LogP contribution in [0.25, 0.3) is 0 Å². The zero-order valence-electron chi connectivity index (χ0n) is 18.3. The molecule has 0 aromatic heterocycles. The lowest BCUT2D eigenvalue weighted by molar-refractivity contribution is -0.132. The molecule has 1 aliphatic heterocycles. The van der Waals surface area contributed by atoms with Crippen LogP contribution in [0.5, 0.6) is 0 Å². The molecule has 0 saturated carbocycles. The molecule has 0 saturated heterocycles. The molecule has 3 aromatic rings. The van der Waals surface area contributed by atoms with Gasteiger partial charge in [-0.15, -0.1) is 0 Å². The molecule has 1 heterocycles. The number of halogens is 1. The van der Waals surface area contributed by atoms with E-state index in [9.17, 15) is 14.4 Å².